The van der Waals surface area contributed by atoms with Gasteiger partial charge in [0.1, 0.15) is 0 Å². The van der Waals surface area contributed by atoms with Crippen LogP contribution in [0.15, 0.2) is 24.3 Å². The molecule has 1 aliphatic carbocycles. The molecule has 0 N–H and O–H groups in total. The van der Waals surface area contributed by atoms with E-state index in [1.54, 1.807) is 0 Å². The summed E-state index contributed by atoms with van der Waals surface area (Å²) in [5.74, 6) is 0.699. The molecule has 2 aromatic carbocycles. The van der Waals surface area contributed by atoms with Crippen LogP contribution in [0, 0.1) is 11.8 Å². The van der Waals surface area contributed by atoms with Crippen molar-refractivity contribution in [1.82, 2.24) is 0 Å². The highest BCUT2D eigenvalue weighted by molar-refractivity contribution is 6.61. The molecule has 1 saturated heterocycles. The van der Waals surface area contributed by atoms with E-state index < -0.39 is 23.4 Å². The number of hydrogen-bond donors (Lipinski definition) is 0. The monoisotopic (exact) mass is 506 g/mol. The summed E-state index contributed by atoms with van der Waals surface area (Å²) in [7, 11) is 4.59. The van der Waals surface area contributed by atoms with Crippen LogP contribution in [0.4, 0.5) is 4.79 Å². The van der Waals surface area contributed by atoms with E-state index in [2.05, 4.69) is 0 Å². The van der Waals surface area contributed by atoms with E-state index in [1.807, 2.05) is 24.3 Å². The van der Waals surface area contributed by atoms with Gasteiger partial charge in [0.05, 0.1) is 40.0 Å². The first kappa shape index (κ1) is 23.4. The number of cyclic esters (lactones) is 1. The maximum absolute atomic E-state index is 13.1. The molecule has 1 fully saturated rings. The van der Waals surface area contributed by atoms with Gasteiger partial charge in [-0.25, -0.2) is 4.79 Å². The Morgan fingerprint density at radius 3 is 2.23 bits per heavy atom. The topological polar surface area (TPSA) is 108 Å². The predicted octanol–water partition coefficient (Wildman–Crippen LogP) is 3.77. The number of carbonyl (C=O) groups excluding carboxylic acids is 2. The third-order valence-corrected chi connectivity index (χ3v) is 6.69. The molecule has 2 aromatic rings. The zero-order valence-electron chi connectivity index (χ0n) is 19.2. The third kappa shape index (κ3) is 3.96. The smallest absolute Gasteiger partial charge is 0.405 e. The molecule has 35 heavy (non-hydrogen) atoms. The van der Waals surface area contributed by atoms with Crippen molar-refractivity contribution in [3.05, 3.63) is 41.0 Å². The second-order valence-corrected chi connectivity index (χ2v) is 8.49. The van der Waals surface area contributed by atoms with Gasteiger partial charge in [-0.3, -0.25) is 4.79 Å². The van der Waals surface area contributed by atoms with E-state index in [0.29, 0.717) is 28.7 Å². The zero-order valence-corrected chi connectivity index (χ0v) is 20.0. The Bertz CT molecular complexity index is 1140. The summed E-state index contributed by atoms with van der Waals surface area (Å²) in [6.07, 6.45) is -0.620. The van der Waals surface area contributed by atoms with E-state index in [0.717, 1.165) is 16.7 Å². The summed E-state index contributed by atoms with van der Waals surface area (Å²) in [6, 6.07) is 7.31. The number of ether oxygens (including phenoxy) is 8. The molecule has 0 spiro atoms. The Kier molecular flexibility index (Phi) is 6.24. The zero-order chi connectivity index (χ0) is 24.7. The maximum Gasteiger partial charge on any atom is 0.405 e. The molecule has 0 saturated carbocycles. The van der Waals surface area contributed by atoms with Gasteiger partial charge in [0.2, 0.25) is 12.5 Å². The van der Waals surface area contributed by atoms with Crippen molar-refractivity contribution in [3.8, 4) is 28.7 Å². The fourth-order valence-electron chi connectivity index (χ4n) is 5.16. The Labute approximate surface area is 205 Å². The molecule has 2 heterocycles. The molecular weight excluding hydrogens is 484 g/mol. The Morgan fingerprint density at radius 2 is 1.63 bits per heavy atom. The summed E-state index contributed by atoms with van der Waals surface area (Å²) < 4.78 is 44.0. The van der Waals surface area contributed by atoms with Crippen LogP contribution in [0.25, 0.3) is 0 Å². The molecule has 186 valence electrons. The first-order valence-corrected chi connectivity index (χ1v) is 11.2. The van der Waals surface area contributed by atoms with E-state index in [4.69, 9.17) is 49.5 Å². The van der Waals surface area contributed by atoms with Gasteiger partial charge >= 0.3 is 11.4 Å². The molecule has 3 aliphatic rings. The fourth-order valence-corrected chi connectivity index (χ4v) is 5.20. The third-order valence-electron chi connectivity index (χ3n) is 6.59. The number of rotatable bonds is 7. The molecule has 0 radical (unpaired) electrons. The van der Waals surface area contributed by atoms with Gasteiger partial charge < -0.3 is 37.9 Å². The predicted molar refractivity (Wildman–Crippen MR) is 119 cm³/mol. The Morgan fingerprint density at radius 1 is 0.971 bits per heavy atom. The highest BCUT2D eigenvalue weighted by Crippen LogP contribution is 2.56. The number of esters is 1. The van der Waals surface area contributed by atoms with Crippen molar-refractivity contribution in [2.75, 3.05) is 41.5 Å². The first-order chi connectivity index (χ1) is 17.0. The molecule has 0 unspecified atom stereocenters. The minimum atomic E-state index is -0.989. The lowest BCUT2D eigenvalue weighted by atomic mass is 9.66. The van der Waals surface area contributed by atoms with Crippen LogP contribution in [0.5, 0.6) is 28.7 Å². The van der Waals surface area contributed by atoms with Gasteiger partial charge in [-0.1, -0.05) is 0 Å². The van der Waals surface area contributed by atoms with Crippen LogP contribution in [-0.2, 0) is 19.0 Å². The standard InChI is InChI=1S/C24H23ClO10/c1-28-17-4-11(5-18(29-2)22(17)30-3)19-12-6-15-16(33-9-32-15)7-13(12)21(34-10-35-24(25)27)14-8-31-23(26)20(14)19/h4-7,14,19-21H,8-10H2,1-3H3/t14-,19+,20-,21-/m0/s1. The van der Waals surface area contributed by atoms with E-state index in [1.165, 1.54) is 21.3 Å². The van der Waals surface area contributed by atoms with Crippen molar-refractivity contribution in [2.45, 2.75) is 12.0 Å². The molecule has 11 heteroatoms. The van der Waals surface area contributed by atoms with Gasteiger partial charge in [-0.15, -0.1) is 0 Å². The van der Waals surface area contributed by atoms with Gasteiger partial charge in [-0.05, 0) is 41.0 Å². The summed E-state index contributed by atoms with van der Waals surface area (Å²) in [6.45, 7) is -0.164. The highest BCUT2D eigenvalue weighted by Gasteiger charge is 2.53. The molecular formula is C24H23ClO10. The van der Waals surface area contributed by atoms with Crippen molar-refractivity contribution >= 4 is 23.0 Å². The van der Waals surface area contributed by atoms with Crippen molar-refractivity contribution in [1.29, 1.82) is 0 Å². The molecule has 2 aliphatic heterocycles. The number of methoxy groups -OCH3 is 3. The normalized spacial score (nSPS) is 23.7. The average Bonchev–Trinajstić information content (AvgIpc) is 3.47. The second kappa shape index (κ2) is 9.35. The number of hydrogen-bond acceptors (Lipinski definition) is 10. The summed E-state index contributed by atoms with van der Waals surface area (Å²) >= 11 is 5.30. The second-order valence-electron chi connectivity index (χ2n) is 8.18. The van der Waals surface area contributed by atoms with Gasteiger partial charge in [0.15, 0.2) is 29.8 Å². The van der Waals surface area contributed by atoms with Crippen LogP contribution in [-0.4, -0.2) is 52.9 Å². The summed E-state index contributed by atoms with van der Waals surface area (Å²) in [5.41, 5.74) is 1.32. The lowest BCUT2D eigenvalue weighted by molar-refractivity contribution is -0.142. The molecule has 4 atom stereocenters. The molecule has 5 rings (SSSR count). The maximum atomic E-state index is 13.1. The average molecular weight is 507 g/mol. The summed E-state index contributed by atoms with van der Waals surface area (Å²) in [4.78, 5) is 24.2. The minimum Gasteiger partial charge on any atom is -0.493 e. The Hall–Kier alpha value is -3.37. The largest absolute Gasteiger partial charge is 0.493 e. The molecule has 0 aromatic heterocycles. The van der Waals surface area contributed by atoms with Crippen molar-refractivity contribution in [3.63, 3.8) is 0 Å². The van der Waals surface area contributed by atoms with Crippen LogP contribution in [0.1, 0.15) is 28.7 Å². The van der Waals surface area contributed by atoms with Gasteiger partial charge in [0, 0.05) is 23.4 Å². The lowest BCUT2D eigenvalue weighted by Crippen LogP contribution is -2.36. The van der Waals surface area contributed by atoms with E-state index in [9.17, 15) is 9.59 Å². The van der Waals surface area contributed by atoms with Crippen molar-refractivity contribution < 1.29 is 47.5 Å². The summed E-state index contributed by atoms with van der Waals surface area (Å²) in [5, 5.41) is 0. The van der Waals surface area contributed by atoms with Crippen LogP contribution in [0.2, 0.25) is 0 Å². The molecule has 0 amide bonds. The fraction of sp³-hybridized carbons (Fsp3) is 0.417. The quantitative estimate of drug-likeness (QED) is 0.313. The van der Waals surface area contributed by atoms with Gasteiger partial charge in [-0.2, -0.15) is 0 Å². The molecule has 0 bridgehead atoms. The molecule has 10 nitrogen and oxygen atoms in total. The minimum absolute atomic E-state index is 0.0807. The van der Waals surface area contributed by atoms with Gasteiger partial charge in [0.25, 0.3) is 0 Å². The SMILES string of the molecule is COc1cc([C@@H]2c3cc4c(cc3[C@H](OCOC(=O)Cl)[C@H]3COC(=O)[C@H]23)OCO4)cc(OC)c1OC. The first-order valence-electron chi connectivity index (χ1n) is 10.8. The number of carbonyl (C=O) groups is 2. The van der Waals surface area contributed by atoms with E-state index >= 15 is 0 Å². The number of benzene rings is 2. The van der Waals surface area contributed by atoms with Crippen molar-refractivity contribution in [2.24, 2.45) is 11.8 Å². The van der Waals surface area contributed by atoms with Crippen LogP contribution >= 0.6 is 11.6 Å². The number of fused-ring (bicyclic) bond motifs is 3. The van der Waals surface area contributed by atoms with E-state index in [-0.39, 0.29) is 32.1 Å². The highest BCUT2D eigenvalue weighted by atomic mass is 35.5. The van der Waals surface area contributed by atoms with Crippen LogP contribution < -0.4 is 23.7 Å². The van der Waals surface area contributed by atoms with Crippen LogP contribution in [0.3, 0.4) is 0 Å². The Balaban J connectivity index is 1.68. The lowest BCUT2D eigenvalue weighted by Gasteiger charge is -2.38. The number of halogens is 1.